The molecule has 1 fully saturated rings. The second kappa shape index (κ2) is 10.8. The Kier molecular flexibility index (Phi) is 7.89. The number of H-pyrrole nitrogens is 1. The van der Waals surface area contributed by atoms with Crippen molar-refractivity contribution >= 4 is 56.7 Å². The summed E-state index contributed by atoms with van der Waals surface area (Å²) in [6.07, 6.45) is 4.80. The summed E-state index contributed by atoms with van der Waals surface area (Å²) in [7, 11) is 1.71. The fourth-order valence-electron chi connectivity index (χ4n) is 5.32. The summed E-state index contributed by atoms with van der Waals surface area (Å²) in [4.78, 5) is 40.1. The normalized spacial score (nSPS) is 18.7. The van der Waals surface area contributed by atoms with E-state index < -0.39 is 5.69 Å². The molecule has 1 aromatic carbocycles. The first-order chi connectivity index (χ1) is 16.6. The molecule has 0 saturated carbocycles. The molecule has 5 heterocycles. The molecule has 0 spiro atoms. The highest BCUT2D eigenvalue weighted by Crippen LogP contribution is 2.46. The Morgan fingerprint density at radius 1 is 1.14 bits per heavy atom. The molecule has 9 nitrogen and oxygen atoms in total. The largest absolute Gasteiger partial charge is 0.496 e. The fraction of sp³-hybridized carbons (Fsp3) is 0.417. The first-order valence-corrected chi connectivity index (χ1v) is 12.3. The van der Waals surface area contributed by atoms with Crippen LogP contribution in [0.3, 0.4) is 0 Å². The first kappa shape index (κ1) is 26.4. The molecule has 1 saturated heterocycles. The van der Waals surface area contributed by atoms with E-state index in [2.05, 4.69) is 19.9 Å². The fourth-order valence-corrected chi connectivity index (χ4v) is 6.33. The van der Waals surface area contributed by atoms with Crippen molar-refractivity contribution in [1.29, 1.82) is 0 Å². The third kappa shape index (κ3) is 4.47. The Morgan fingerprint density at radius 2 is 1.94 bits per heavy atom. The van der Waals surface area contributed by atoms with E-state index in [1.165, 1.54) is 21.5 Å². The van der Waals surface area contributed by atoms with Gasteiger partial charge in [0.1, 0.15) is 26.5 Å². The Balaban J connectivity index is 0.00000152. The van der Waals surface area contributed by atoms with Crippen LogP contribution >= 0.6 is 36.2 Å². The third-order valence-electron chi connectivity index (χ3n) is 6.94. The maximum absolute atomic E-state index is 13.0. The number of rotatable bonds is 6. The summed E-state index contributed by atoms with van der Waals surface area (Å²) in [6, 6.07) is 5.99. The number of nitrogens with one attached hydrogen (secondary N) is 1. The van der Waals surface area contributed by atoms with E-state index in [0.29, 0.717) is 38.9 Å². The minimum absolute atomic E-state index is 0. The van der Waals surface area contributed by atoms with Crippen molar-refractivity contribution < 1.29 is 9.47 Å². The number of fused-ring (bicyclic) bond motifs is 6. The van der Waals surface area contributed by atoms with Crippen LogP contribution in [0.25, 0.3) is 20.6 Å². The van der Waals surface area contributed by atoms with E-state index >= 15 is 0 Å². The SMILES string of the molecule is COc1cccc2c1[C@@H]1CN(CCCCn3c(=O)[nH]c4c(sc5nccnc54)c3=O)C[C@H]1CO2.Cl.Cl. The Bertz CT molecular complexity index is 1490. The van der Waals surface area contributed by atoms with Crippen molar-refractivity contribution in [2.45, 2.75) is 25.3 Å². The highest BCUT2D eigenvalue weighted by atomic mass is 35.5. The lowest BCUT2D eigenvalue weighted by Crippen LogP contribution is -2.34. The number of hydrogen-bond donors (Lipinski definition) is 1. The lowest BCUT2D eigenvalue weighted by molar-refractivity contribution is 0.209. The smallest absolute Gasteiger partial charge is 0.328 e. The molecule has 0 unspecified atom stereocenters. The quantitative estimate of drug-likeness (QED) is 0.366. The maximum Gasteiger partial charge on any atom is 0.328 e. The van der Waals surface area contributed by atoms with Crippen LogP contribution in [0.2, 0.25) is 0 Å². The van der Waals surface area contributed by atoms with Gasteiger partial charge < -0.3 is 19.4 Å². The second-order valence-electron chi connectivity index (χ2n) is 8.92. The number of halogens is 2. The van der Waals surface area contributed by atoms with E-state index in [9.17, 15) is 9.59 Å². The number of benzene rings is 1. The predicted octanol–water partition coefficient (Wildman–Crippen LogP) is 3.43. The minimum Gasteiger partial charge on any atom is -0.496 e. The van der Waals surface area contributed by atoms with Crippen LogP contribution in [0, 0.1) is 5.92 Å². The number of methoxy groups -OCH3 is 1. The average Bonchev–Trinajstić information content (AvgIpc) is 3.44. The number of thiophene rings is 1. The van der Waals surface area contributed by atoms with Gasteiger partial charge in [0.15, 0.2) is 0 Å². The molecule has 0 aliphatic carbocycles. The molecular weight excluding hydrogens is 525 g/mol. The third-order valence-corrected chi connectivity index (χ3v) is 8.01. The van der Waals surface area contributed by atoms with Crippen LogP contribution in [0.4, 0.5) is 0 Å². The van der Waals surface area contributed by atoms with Crippen molar-refractivity contribution in [2.75, 3.05) is 33.4 Å². The zero-order valence-corrected chi connectivity index (χ0v) is 22.1. The van der Waals surface area contributed by atoms with Crippen molar-refractivity contribution in [3.8, 4) is 11.5 Å². The molecule has 6 rings (SSSR count). The summed E-state index contributed by atoms with van der Waals surface area (Å²) >= 11 is 1.27. The number of nitrogens with zero attached hydrogens (tertiary/aromatic N) is 4. The van der Waals surface area contributed by atoms with E-state index in [1.807, 2.05) is 18.2 Å². The standard InChI is InChI=1S/C24H25N5O4S.2ClH/c1-32-16-5-4-6-17-18(16)15-12-28(11-14(15)13-33-17)9-2-3-10-29-23(30)21-19(27-24(29)31)20-22(34-21)26-8-7-25-20;;/h4-8,14-15H,2-3,9-13H2,1H3,(H,27,31);2*1H/t14-,15+;;/m0../s1. The van der Waals surface area contributed by atoms with Gasteiger partial charge in [0.2, 0.25) is 0 Å². The molecule has 2 atom stereocenters. The number of aromatic nitrogens is 4. The van der Waals surface area contributed by atoms with Crippen molar-refractivity contribution in [2.24, 2.45) is 5.92 Å². The monoisotopic (exact) mass is 551 g/mol. The molecule has 36 heavy (non-hydrogen) atoms. The van der Waals surface area contributed by atoms with Crippen molar-refractivity contribution in [3.05, 3.63) is 57.0 Å². The van der Waals surface area contributed by atoms with Gasteiger partial charge in [0.25, 0.3) is 5.56 Å². The first-order valence-electron chi connectivity index (χ1n) is 11.5. The number of unbranched alkanes of at least 4 members (excludes halogenated alkanes) is 1. The number of ether oxygens (including phenoxy) is 2. The predicted molar refractivity (Wildman–Crippen MR) is 145 cm³/mol. The van der Waals surface area contributed by atoms with Gasteiger partial charge in [-0.1, -0.05) is 6.07 Å². The molecule has 2 aliphatic rings. The number of hydrogen-bond acceptors (Lipinski definition) is 8. The zero-order chi connectivity index (χ0) is 23.2. The number of aromatic amines is 1. The van der Waals surface area contributed by atoms with Gasteiger partial charge in [0, 0.05) is 49.4 Å². The summed E-state index contributed by atoms with van der Waals surface area (Å²) < 4.78 is 13.4. The molecule has 192 valence electrons. The minimum atomic E-state index is -0.393. The summed E-state index contributed by atoms with van der Waals surface area (Å²) in [5.41, 5.74) is 1.58. The molecule has 0 bridgehead atoms. The van der Waals surface area contributed by atoms with Gasteiger partial charge in [-0.15, -0.1) is 36.2 Å². The molecular formula is C24H27Cl2N5O4S. The van der Waals surface area contributed by atoms with Crippen LogP contribution in [0.15, 0.2) is 40.2 Å². The highest BCUT2D eigenvalue weighted by Gasteiger charge is 2.40. The number of likely N-dealkylation sites (tertiary alicyclic amines) is 1. The van der Waals surface area contributed by atoms with Gasteiger partial charge in [0.05, 0.1) is 19.2 Å². The van der Waals surface area contributed by atoms with Gasteiger partial charge in [-0.3, -0.25) is 9.36 Å². The molecule has 0 amide bonds. The van der Waals surface area contributed by atoms with E-state index in [1.54, 1.807) is 19.5 Å². The van der Waals surface area contributed by atoms with Gasteiger partial charge in [-0.2, -0.15) is 0 Å². The Labute approximate surface area is 223 Å². The maximum atomic E-state index is 13.0. The Hall–Kier alpha value is -2.66. The molecule has 12 heteroatoms. The summed E-state index contributed by atoms with van der Waals surface area (Å²) in [6.45, 7) is 3.99. The highest BCUT2D eigenvalue weighted by molar-refractivity contribution is 7.25. The topological polar surface area (TPSA) is 102 Å². The van der Waals surface area contributed by atoms with Gasteiger partial charge >= 0.3 is 5.69 Å². The van der Waals surface area contributed by atoms with Crippen LogP contribution in [-0.4, -0.2) is 57.8 Å². The van der Waals surface area contributed by atoms with Crippen LogP contribution < -0.4 is 20.7 Å². The van der Waals surface area contributed by atoms with Crippen LogP contribution in [0.5, 0.6) is 11.5 Å². The molecule has 1 N–H and O–H groups in total. The molecule has 2 aliphatic heterocycles. The van der Waals surface area contributed by atoms with Crippen LogP contribution in [0.1, 0.15) is 24.3 Å². The molecule has 4 aromatic rings. The lowest BCUT2D eigenvalue weighted by Gasteiger charge is -2.29. The van der Waals surface area contributed by atoms with Crippen molar-refractivity contribution in [1.82, 2.24) is 24.4 Å². The Morgan fingerprint density at radius 3 is 2.78 bits per heavy atom. The second-order valence-corrected chi connectivity index (χ2v) is 9.92. The molecule has 3 aromatic heterocycles. The summed E-state index contributed by atoms with van der Waals surface area (Å²) in [5.74, 6) is 2.69. The van der Waals surface area contributed by atoms with Gasteiger partial charge in [-0.25, -0.2) is 14.8 Å². The van der Waals surface area contributed by atoms with E-state index in [0.717, 1.165) is 50.6 Å². The van der Waals surface area contributed by atoms with Gasteiger partial charge in [-0.05, 0) is 31.5 Å². The van der Waals surface area contributed by atoms with E-state index in [4.69, 9.17) is 9.47 Å². The van der Waals surface area contributed by atoms with E-state index in [-0.39, 0.29) is 30.4 Å². The summed E-state index contributed by atoms with van der Waals surface area (Å²) in [5, 5.41) is 0. The average molecular weight is 552 g/mol. The zero-order valence-electron chi connectivity index (χ0n) is 19.6. The van der Waals surface area contributed by atoms with Crippen LogP contribution in [-0.2, 0) is 6.54 Å². The lowest BCUT2D eigenvalue weighted by atomic mass is 9.86. The molecule has 0 radical (unpaired) electrons. The van der Waals surface area contributed by atoms with Crippen molar-refractivity contribution in [3.63, 3.8) is 0 Å².